The lowest BCUT2D eigenvalue weighted by Crippen LogP contribution is -2.41. The highest BCUT2D eigenvalue weighted by atomic mass is 16.5. The van der Waals surface area contributed by atoms with Gasteiger partial charge in [-0.15, -0.1) is 0 Å². The number of hydrogen-bond acceptors (Lipinski definition) is 6. The summed E-state index contributed by atoms with van der Waals surface area (Å²) in [5.74, 6) is -0.0215. The van der Waals surface area contributed by atoms with Crippen molar-refractivity contribution in [2.24, 2.45) is 0 Å². The summed E-state index contributed by atoms with van der Waals surface area (Å²) in [6.45, 7) is 3.30. The lowest BCUT2D eigenvalue weighted by molar-refractivity contribution is -0.118. The number of aromatic amines is 1. The molecule has 0 spiro atoms. The van der Waals surface area contributed by atoms with Gasteiger partial charge in [-0.05, 0) is 42.0 Å². The van der Waals surface area contributed by atoms with Gasteiger partial charge >= 0.3 is 0 Å². The molecule has 8 nitrogen and oxygen atoms in total. The van der Waals surface area contributed by atoms with Crippen LogP contribution in [0, 0.1) is 0 Å². The minimum absolute atomic E-state index is 0.0215. The van der Waals surface area contributed by atoms with Gasteiger partial charge in [0.25, 0.3) is 0 Å². The van der Waals surface area contributed by atoms with Crippen LogP contribution in [-0.4, -0.2) is 63.8 Å². The number of ether oxygens (including phenoxy) is 1. The molecule has 1 fully saturated rings. The van der Waals surface area contributed by atoms with Crippen molar-refractivity contribution in [2.75, 3.05) is 38.2 Å². The van der Waals surface area contributed by atoms with Crippen molar-refractivity contribution < 1.29 is 9.53 Å². The fourth-order valence-electron chi connectivity index (χ4n) is 3.85. The molecule has 0 saturated carbocycles. The number of H-pyrrole nitrogens is 1. The Bertz CT molecular complexity index is 1220. The van der Waals surface area contributed by atoms with Gasteiger partial charge < -0.3 is 10.1 Å². The number of amides is 1. The Morgan fingerprint density at radius 1 is 0.970 bits per heavy atom. The van der Waals surface area contributed by atoms with Crippen LogP contribution in [0.25, 0.3) is 33.8 Å². The Kier molecular flexibility index (Phi) is 6.19. The van der Waals surface area contributed by atoms with Crippen LogP contribution in [0.1, 0.15) is 0 Å². The SMILES string of the molecule is O=C(CN1CCOCC1)Nc1ccc(-c2cc(-c3cn[nH]c3-c3ccccn3)ccn2)cc1. The zero-order valence-corrected chi connectivity index (χ0v) is 18.1. The zero-order chi connectivity index (χ0) is 22.5. The van der Waals surface area contributed by atoms with Crippen molar-refractivity contribution in [3.8, 4) is 33.8 Å². The fourth-order valence-corrected chi connectivity index (χ4v) is 3.85. The average Bonchev–Trinajstić information content (AvgIpc) is 3.36. The minimum Gasteiger partial charge on any atom is -0.379 e. The normalized spacial score (nSPS) is 14.2. The Balaban J connectivity index is 1.31. The van der Waals surface area contributed by atoms with E-state index < -0.39 is 0 Å². The molecule has 1 aliphatic rings. The van der Waals surface area contributed by atoms with Crippen molar-refractivity contribution in [3.63, 3.8) is 0 Å². The molecule has 166 valence electrons. The van der Waals surface area contributed by atoms with Crippen LogP contribution in [-0.2, 0) is 9.53 Å². The smallest absolute Gasteiger partial charge is 0.238 e. The lowest BCUT2D eigenvalue weighted by Gasteiger charge is -2.25. The summed E-state index contributed by atoms with van der Waals surface area (Å²) in [6.07, 6.45) is 5.35. The maximum atomic E-state index is 12.3. The van der Waals surface area contributed by atoms with Crippen molar-refractivity contribution in [3.05, 3.63) is 73.2 Å². The topological polar surface area (TPSA) is 96.0 Å². The Morgan fingerprint density at radius 3 is 2.58 bits per heavy atom. The predicted molar refractivity (Wildman–Crippen MR) is 126 cm³/mol. The molecule has 0 atom stereocenters. The highest BCUT2D eigenvalue weighted by Gasteiger charge is 2.15. The molecule has 0 aliphatic carbocycles. The van der Waals surface area contributed by atoms with E-state index in [0.717, 1.165) is 52.5 Å². The Morgan fingerprint density at radius 2 is 1.79 bits per heavy atom. The first-order valence-electron chi connectivity index (χ1n) is 10.9. The number of nitrogens with one attached hydrogen (secondary N) is 2. The summed E-state index contributed by atoms with van der Waals surface area (Å²) >= 11 is 0. The van der Waals surface area contributed by atoms with E-state index in [1.807, 2.05) is 54.6 Å². The monoisotopic (exact) mass is 440 g/mol. The second-order valence-corrected chi connectivity index (χ2v) is 7.82. The summed E-state index contributed by atoms with van der Waals surface area (Å²) in [5, 5.41) is 10.2. The van der Waals surface area contributed by atoms with E-state index >= 15 is 0 Å². The standard InChI is InChI=1S/C25H24N6O2/c32-24(17-31-11-13-33-14-12-31)29-20-6-4-18(5-7-20)23-15-19(8-10-27-23)21-16-28-30-25(21)22-3-1-2-9-26-22/h1-10,15-16H,11-14,17H2,(H,28,30)(H,29,32). The highest BCUT2D eigenvalue weighted by Crippen LogP contribution is 2.31. The predicted octanol–water partition coefficient (Wildman–Crippen LogP) is 3.47. The van der Waals surface area contributed by atoms with E-state index in [4.69, 9.17) is 4.74 Å². The molecule has 33 heavy (non-hydrogen) atoms. The van der Waals surface area contributed by atoms with Crippen LogP contribution < -0.4 is 5.32 Å². The van der Waals surface area contributed by atoms with Crippen molar-refractivity contribution in [1.82, 2.24) is 25.1 Å². The van der Waals surface area contributed by atoms with E-state index in [1.165, 1.54) is 0 Å². The molecule has 4 aromatic rings. The molecule has 1 amide bonds. The molecule has 1 aliphatic heterocycles. The molecule has 1 aromatic carbocycles. The van der Waals surface area contributed by atoms with Gasteiger partial charge in [-0.3, -0.25) is 24.8 Å². The second kappa shape index (κ2) is 9.72. The van der Waals surface area contributed by atoms with Crippen LogP contribution in [0.4, 0.5) is 5.69 Å². The molecular weight excluding hydrogens is 416 g/mol. The number of anilines is 1. The summed E-state index contributed by atoms with van der Waals surface area (Å²) in [4.78, 5) is 23.4. The highest BCUT2D eigenvalue weighted by molar-refractivity contribution is 5.92. The van der Waals surface area contributed by atoms with Gasteiger partial charge in [0, 0.05) is 42.3 Å². The molecule has 0 unspecified atom stereocenters. The average molecular weight is 441 g/mol. The Labute approximate surface area is 191 Å². The van der Waals surface area contributed by atoms with E-state index in [0.29, 0.717) is 19.8 Å². The molecule has 1 saturated heterocycles. The number of morpholine rings is 1. The lowest BCUT2D eigenvalue weighted by atomic mass is 10.0. The number of hydrogen-bond donors (Lipinski definition) is 2. The summed E-state index contributed by atoms with van der Waals surface area (Å²) in [6, 6.07) is 17.5. The van der Waals surface area contributed by atoms with Gasteiger partial charge in [-0.1, -0.05) is 18.2 Å². The third kappa shape index (κ3) is 4.97. The largest absolute Gasteiger partial charge is 0.379 e. The van der Waals surface area contributed by atoms with Gasteiger partial charge in [0.1, 0.15) is 0 Å². The molecule has 0 bridgehead atoms. The molecule has 8 heteroatoms. The van der Waals surface area contributed by atoms with Crippen molar-refractivity contribution >= 4 is 11.6 Å². The van der Waals surface area contributed by atoms with Gasteiger partial charge in [-0.25, -0.2) is 0 Å². The van der Waals surface area contributed by atoms with Gasteiger partial charge in [0.05, 0.1) is 43.0 Å². The number of nitrogens with zero attached hydrogens (tertiary/aromatic N) is 4. The molecular formula is C25H24N6O2. The van der Waals surface area contributed by atoms with Crippen LogP contribution in [0.5, 0.6) is 0 Å². The maximum Gasteiger partial charge on any atom is 0.238 e. The van der Waals surface area contributed by atoms with Gasteiger partial charge in [-0.2, -0.15) is 5.10 Å². The molecule has 3 aromatic heterocycles. The molecule has 2 N–H and O–H groups in total. The fraction of sp³-hybridized carbons (Fsp3) is 0.200. The van der Waals surface area contributed by atoms with E-state index in [-0.39, 0.29) is 5.91 Å². The van der Waals surface area contributed by atoms with Crippen molar-refractivity contribution in [1.29, 1.82) is 0 Å². The summed E-state index contributed by atoms with van der Waals surface area (Å²) in [5.41, 5.74) is 6.23. The van der Waals surface area contributed by atoms with Crippen LogP contribution in [0.2, 0.25) is 0 Å². The number of carbonyl (C=O) groups excluding carboxylic acids is 1. The number of rotatable bonds is 6. The first kappa shape index (κ1) is 21.0. The van der Waals surface area contributed by atoms with Gasteiger partial charge in [0.15, 0.2) is 0 Å². The minimum atomic E-state index is -0.0215. The van der Waals surface area contributed by atoms with Crippen LogP contribution in [0.15, 0.2) is 73.2 Å². The summed E-state index contributed by atoms with van der Waals surface area (Å²) in [7, 11) is 0. The molecule has 5 rings (SSSR count). The van der Waals surface area contributed by atoms with Gasteiger partial charge in [0.2, 0.25) is 5.91 Å². The maximum absolute atomic E-state index is 12.3. The molecule has 4 heterocycles. The number of aromatic nitrogens is 4. The number of benzene rings is 1. The third-order valence-corrected chi connectivity index (χ3v) is 5.57. The first-order chi connectivity index (χ1) is 16.3. The summed E-state index contributed by atoms with van der Waals surface area (Å²) < 4.78 is 5.33. The Hall–Kier alpha value is -3.88. The quantitative estimate of drug-likeness (QED) is 0.477. The van der Waals surface area contributed by atoms with E-state index in [9.17, 15) is 4.79 Å². The first-order valence-corrected chi connectivity index (χ1v) is 10.9. The van der Waals surface area contributed by atoms with Crippen LogP contribution in [0.3, 0.4) is 0 Å². The van der Waals surface area contributed by atoms with Crippen molar-refractivity contribution in [2.45, 2.75) is 0 Å². The second-order valence-electron chi connectivity index (χ2n) is 7.82. The number of pyridine rings is 2. The van der Waals surface area contributed by atoms with Crippen LogP contribution >= 0.6 is 0 Å². The van der Waals surface area contributed by atoms with E-state index in [1.54, 1.807) is 18.6 Å². The number of carbonyl (C=O) groups is 1. The van der Waals surface area contributed by atoms with E-state index in [2.05, 4.69) is 30.4 Å². The molecule has 0 radical (unpaired) electrons. The third-order valence-electron chi connectivity index (χ3n) is 5.57. The zero-order valence-electron chi connectivity index (χ0n) is 18.1.